The number of rotatable bonds is 8. The molecule has 0 amide bonds. The number of ether oxygens (including phenoxy) is 1. The molecule has 0 unspecified atom stereocenters. The first kappa shape index (κ1) is 17.2. The van der Waals surface area contributed by atoms with Gasteiger partial charge in [-0.25, -0.2) is 0 Å². The van der Waals surface area contributed by atoms with Crippen molar-refractivity contribution in [1.82, 2.24) is 4.90 Å². The molecular weight excluding hydrogens is 254 g/mol. The second-order valence-corrected chi connectivity index (χ2v) is 4.12. The van der Waals surface area contributed by atoms with Crippen LogP contribution in [0.1, 0.15) is 33.1 Å². The van der Waals surface area contributed by atoms with Crippen LogP contribution in [-0.2, 0) is 14.3 Å². The molecule has 0 radical (unpaired) electrons. The summed E-state index contributed by atoms with van der Waals surface area (Å²) in [4.78, 5) is 22.8. The molecule has 0 aliphatic rings. The van der Waals surface area contributed by atoms with Gasteiger partial charge in [0.2, 0.25) is 0 Å². The summed E-state index contributed by atoms with van der Waals surface area (Å²) >= 11 is 0. The van der Waals surface area contributed by atoms with Crippen LogP contribution in [0.25, 0.3) is 0 Å². The third-order valence-electron chi connectivity index (χ3n) is 2.54. The van der Waals surface area contributed by atoms with Crippen LogP contribution in [0.5, 0.6) is 0 Å². The summed E-state index contributed by atoms with van der Waals surface area (Å²) in [6.07, 6.45) is 1.63. The van der Waals surface area contributed by atoms with E-state index in [2.05, 4.69) is 5.16 Å². The molecule has 0 aromatic rings. The number of nitrogens with two attached hydrogens (primary N) is 1. The molecule has 0 saturated heterocycles. The van der Waals surface area contributed by atoms with Crippen LogP contribution in [0.2, 0.25) is 0 Å². The second kappa shape index (κ2) is 9.15. The van der Waals surface area contributed by atoms with E-state index in [9.17, 15) is 9.59 Å². The van der Waals surface area contributed by atoms with Crippen molar-refractivity contribution in [3.63, 3.8) is 0 Å². The van der Waals surface area contributed by atoms with Crippen molar-refractivity contribution < 1.29 is 24.6 Å². The van der Waals surface area contributed by atoms with Crippen molar-refractivity contribution >= 4 is 17.8 Å². The first-order valence-corrected chi connectivity index (χ1v) is 5.93. The molecule has 8 nitrogen and oxygen atoms in total. The van der Waals surface area contributed by atoms with Crippen LogP contribution < -0.4 is 5.73 Å². The zero-order valence-corrected chi connectivity index (χ0v) is 11.2. The Kier molecular flexibility index (Phi) is 8.27. The van der Waals surface area contributed by atoms with Gasteiger partial charge in [0.05, 0.1) is 0 Å². The molecule has 0 saturated carbocycles. The monoisotopic (exact) mass is 275 g/mol. The lowest BCUT2D eigenvalue weighted by molar-refractivity contribution is -0.144. The fourth-order valence-corrected chi connectivity index (χ4v) is 1.34. The van der Waals surface area contributed by atoms with Crippen molar-refractivity contribution in [2.45, 2.75) is 39.2 Å². The molecule has 1 atom stereocenters. The maximum absolute atomic E-state index is 10.7. The second-order valence-electron chi connectivity index (χ2n) is 4.12. The molecular formula is C11H21N3O5. The molecule has 0 spiro atoms. The van der Waals surface area contributed by atoms with E-state index < -0.39 is 18.0 Å². The molecule has 0 bridgehead atoms. The van der Waals surface area contributed by atoms with E-state index in [4.69, 9.17) is 20.8 Å². The predicted molar refractivity (Wildman–Crippen MR) is 67.7 cm³/mol. The molecule has 4 N–H and O–H groups in total. The number of amidine groups is 1. The number of hydrogen-bond acceptors (Lipinski definition) is 6. The molecule has 19 heavy (non-hydrogen) atoms. The highest BCUT2D eigenvalue weighted by Crippen LogP contribution is 2.03. The molecule has 0 heterocycles. The summed E-state index contributed by atoms with van der Waals surface area (Å²) in [5, 5.41) is 20.4. The van der Waals surface area contributed by atoms with Gasteiger partial charge >= 0.3 is 11.9 Å². The van der Waals surface area contributed by atoms with Crippen LogP contribution in [0, 0.1) is 0 Å². The molecule has 0 aliphatic heterocycles. The van der Waals surface area contributed by atoms with Gasteiger partial charge in [0.1, 0.15) is 11.9 Å². The molecule has 0 aliphatic carbocycles. The van der Waals surface area contributed by atoms with E-state index in [0.29, 0.717) is 31.6 Å². The number of hydrogen-bond donors (Lipinski definition) is 3. The van der Waals surface area contributed by atoms with Gasteiger partial charge in [0.15, 0.2) is 6.73 Å². The summed E-state index contributed by atoms with van der Waals surface area (Å²) in [5.41, 5.74) is 5.37. The van der Waals surface area contributed by atoms with Crippen molar-refractivity contribution in [3.05, 3.63) is 0 Å². The lowest BCUT2D eigenvalue weighted by Crippen LogP contribution is -2.34. The quantitative estimate of drug-likeness (QED) is 0.110. The normalized spacial score (nSPS) is 12.9. The molecule has 0 aromatic heterocycles. The predicted octanol–water partition coefficient (Wildman–Crippen LogP) is 0.199. The Labute approximate surface area is 111 Å². The van der Waals surface area contributed by atoms with Gasteiger partial charge in [0.25, 0.3) is 0 Å². The van der Waals surface area contributed by atoms with Crippen molar-refractivity contribution in [1.29, 1.82) is 0 Å². The minimum absolute atomic E-state index is 0.00376. The Bertz CT molecular complexity index is 332. The first-order valence-electron chi connectivity index (χ1n) is 5.93. The Balaban J connectivity index is 4.06. The Morgan fingerprint density at radius 1 is 1.37 bits per heavy atom. The number of esters is 1. The number of oxime groups is 1. The Morgan fingerprint density at radius 3 is 2.47 bits per heavy atom. The number of carbonyl (C=O) groups is 2. The average molecular weight is 275 g/mol. The largest absolute Gasteiger partial charge is 0.480 e. The fourth-order valence-electron chi connectivity index (χ4n) is 1.34. The van der Waals surface area contributed by atoms with E-state index >= 15 is 0 Å². The van der Waals surface area contributed by atoms with Crippen molar-refractivity contribution in [2.75, 3.05) is 13.3 Å². The zero-order chi connectivity index (χ0) is 14.8. The molecule has 0 rings (SSSR count). The third-order valence-corrected chi connectivity index (χ3v) is 2.54. The summed E-state index contributed by atoms with van der Waals surface area (Å²) < 4.78 is 4.82. The maximum Gasteiger partial charge on any atom is 0.320 e. The number of carbonyl (C=O) groups excluding carboxylic acids is 1. The Hall–Kier alpha value is -1.83. The van der Waals surface area contributed by atoms with Crippen LogP contribution in [0.15, 0.2) is 5.16 Å². The minimum Gasteiger partial charge on any atom is -0.480 e. The van der Waals surface area contributed by atoms with E-state index in [1.54, 1.807) is 11.8 Å². The lowest BCUT2D eigenvalue weighted by Gasteiger charge is -2.22. The molecule has 110 valence electrons. The van der Waals surface area contributed by atoms with Gasteiger partial charge < -0.3 is 25.7 Å². The number of nitrogens with zero attached hydrogens (tertiary/aromatic N) is 2. The fraction of sp³-hybridized carbons (Fsp3) is 0.727. The highest BCUT2D eigenvalue weighted by Gasteiger charge is 2.12. The summed E-state index contributed by atoms with van der Waals surface area (Å²) in [7, 11) is 0. The summed E-state index contributed by atoms with van der Waals surface area (Å²) in [5.74, 6) is -1.13. The number of unbranched alkanes of at least 4 members (excludes halogenated alkanes) is 1. The van der Waals surface area contributed by atoms with E-state index in [-0.39, 0.29) is 6.73 Å². The van der Waals surface area contributed by atoms with Crippen molar-refractivity contribution in [2.24, 2.45) is 10.9 Å². The smallest absolute Gasteiger partial charge is 0.320 e. The zero-order valence-electron chi connectivity index (χ0n) is 11.2. The van der Waals surface area contributed by atoms with Gasteiger partial charge in [-0.2, -0.15) is 0 Å². The topological polar surface area (TPSA) is 125 Å². The number of carboxylic acids is 1. The standard InChI is InChI=1S/C11H21N3O5/c1-8(13-18)14(7-19-9(2)15)6-4-3-5-10(12)11(16)17/h10,18H,3-7,12H2,1-2H3,(H,16,17)/b13-8+/t10-/m0/s1. The summed E-state index contributed by atoms with van der Waals surface area (Å²) in [6, 6.07) is -0.866. The van der Waals surface area contributed by atoms with E-state index in [1.807, 2.05) is 0 Å². The van der Waals surface area contributed by atoms with Crippen LogP contribution in [-0.4, -0.2) is 52.3 Å². The van der Waals surface area contributed by atoms with Crippen molar-refractivity contribution in [3.8, 4) is 0 Å². The molecule has 8 heteroatoms. The maximum atomic E-state index is 10.7. The van der Waals surface area contributed by atoms with Crippen LogP contribution in [0.3, 0.4) is 0 Å². The molecule has 0 fully saturated rings. The summed E-state index contributed by atoms with van der Waals surface area (Å²) in [6.45, 7) is 3.34. The number of carboxylic acid groups (broad SMARTS) is 1. The highest BCUT2D eigenvalue weighted by atomic mass is 16.5. The van der Waals surface area contributed by atoms with Crippen LogP contribution >= 0.6 is 0 Å². The van der Waals surface area contributed by atoms with Gasteiger partial charge in [0, 0.05) is 13.5 Å². The van der Waals surface area contributed by atoms with E-state index in [1.165, 1.54) is 6.92 Å². The van der Waals surface area contributed by atoms with Gasteiger partial charge in [-0.05, 0) is 26.2 Å². The third kappa shape index (κ3) is 7.98. The van der Waals surface area contributed by atoms with Crippen LogP contribution in [0.4, 0.5) is 0 Å². The average Bonchev–Trinajstić information content (AvgIpc) is 2.36. The van der Waals surface area contributed by atoms with Gasteiger partial charge in [-0.1, -0.05) is 5.16 Å². The number of aliphatic carboxylic acids is 1. The molecule has 0 aromatic carbocycles. The van der Waals surface area contributed by atoms with E-state index in [0.717, 1.165) is 0 Å². The Morgan fingerprint density at radius 2 is 2.00 bits per heavy atom. The first-order chi connectivity index (χ1) is 8.88. The minimum atomic E-state index is -1.02. The van der Waals surface area contributed by atoms with Gasteiger partial charge in [-0.3, -0.25) is 9.59 Å². The SMILES string of the molecule is CC(=O)OCN(CCCC[C@H](N)C(=O)O)/C(C)=N/O. The van der Waals surface area contributed by atoms with Gasteiger partial charge in [-0.15, -0.1) is 0 Å². The lowest BCUT2D eigenvalue weighted by atomic mass is 10.1. The highest BCUT2D eigenvalue weighted by molar-refractivity contribution is 5.79.